The Labute approximate surface area is 246 Å². The summed E-state index contributed by atoms with van der Waals surface area (Å²) in [7, 11) is 1.25. The molecule has 41 heavy (non-hydrogen) atoms. The Morgan fingerprint density at radius 1 is 0.854 bits per heavy atom. The summed E-state index contributed by atoms with van der Waals surface area (Å²) >= 11 is 2.32. The number of rotatable bonds is 10. The van der Waals surface area contributed by atoms with Crippen molar-refractivity contribution in [1.82, 2.24) is 0 Å². The Morgan fingerprint density at radius 2 is 1.51 bits per heavy atom. The van der Waals surface area contributed by atoms with E-state index in [1.807, 2.05) is 42.5 Å². The van der Waals surface area contributed by atoms with Gasteiger partial charge in [0.05, 0.1) is 29.2 Å². The number of carbonyl (C=O) groups is 4. The highest BCUT2D eigenvalue weighted by Crippen LogP contribution is 2.35. The second kappa shape index (κ2) is 13.8. The lowest BCUT2D eigenvalue weighted by atomic mass is 10.1. The fourth-order valence-corrected chi connectivity index (χ4v) is 6.00. The zero-order valence-electron chi connectivity index (χ0n) is 22.7. The smallest absolute Gasteiger partial charge is 0.341 e. The van der Waals surface area contributed by atoms with Gasteiger partial charge in [0.15, 0.2) is 0 Å². The minimum atomic E-state index is -0.646. The first kappa shape index (κ1) is 29.6. The summed E-state index contributed by atoms with van der Waals surface area (Å²) in [6, 6.07) is 25.7. The van der Waals surface area contributed by atoms with Gasteiger partial charge >= 0.3 is 5.97 Å². The normalized spacial score (nSPS) is 11.3. The minimum Gasteiger partial charge on any atom is -0.465 e. The number of benzene rings is 3. The number of para-hydroxylation sites is 1. The lowest BCUT2D eigenvalue weighted by Gasteiger charge is -2.13. The van der Waals surface area contributed by atoms with Crippen molar-refractivity contribution in [1.29, 1.82) is 0 Å². The van der Waals surface area contributed by atoms with Crippen molar-refractivity contribution in [3.05, 3.63) is 106 Å². The average molecular weight is 588 g/mol. The predicted molar refractivity (Wildman–Crippen MR) is 164 cm³/mol. The van der Waals surface area contributed by atoms with E-state index in [4.69, 9.17) is 4.74 Å². The van der Waals surface area contributed by atoms with Crippen LogP contribution in [0.15, 0.2) is 89.8 Å². The number of hydrogen-bond acceptors (Lipinski definition) is 7. The van der Waals surface area contributed by atoms with Gasteiger partial charge in [-0.25, -0.2) is 4.79 Å². The molecule has 0 aliphatic heterocycles. The molecule has 1 atom stereocenters. The lowest BCUT2D eigenvalue weighted by molar-refractivity contribution is -0.116. The van der Waals surface area contributed by atoms with Crippen molar-refractivity contribution in [3.63, 3.8) is 0 Å². The molecule has 3 N–H and O–H groups in total. The molecule has 0 fully saturated rings. The Balaban J connectivity index is 1.44. The fraction of sp³-hybridized carbons (Fsp3) is 0.161. The number of thioether (sulfide) groups is 1. The third kappa shape index (κ3) is 7.84. The third-order valence-corrected chi connectivity index (χ3v) is 8.32. The van der Waals surface area contributed by atoms with Crippen LogP contribution in [0.3, 0.4) is 0 Å². The van der Waals surface area contributed by atoms with E-state index in [2.05, 4.69) is 16.0 Å². The first-order valence-electron chi connectivity index (χ1n) is 12.7. The molecule has 4 rings (SSSR count). The van der Waals surface area contributed by atoms with Gasteiger partial charge in [-0.3, -0.25) is 14.4 Å². The number of carbonyl (C=O) groups excluding carboxylic acids is 4. The van der Waals surface area contributed by atoms with E-state index in [9.17, 15) is 19.2 Å². The highest BCUT2D eigenvalue weighted by atomic mass is 32.2. The van der Waals surface area contributed by atoms with Crippen LogP contribution in [0.25, 0.3) is 0 Å². The molecule has 1 aromatic heterocycles. The fourth-order valence-electron chi connectivity index (χ4n) is 3.98. The quantitative estimate of drug-likeness (QED) is 0.146. The standard InChI is InChI=1S/C31H29N3O5S2/c1-19-26(31(38)39-3)30(41-27(19)29(37)33-22-13-8-5-9-14-22)34-28(36)20(2)40-24-16-10-15-23(18-24)32-25(35)17-21-11-6-4-7-12-21/h4-16,18,20H,17H2,1-3H3,(H,32,35)(H,33,37)(H,34,36). The molecule has 1 heterocycles. The first-order chi connectivity index (χ1) is 19.7. The van der Waals surface area contributed by atoms with E-state index in [-0.39, 0.29) is 28.8 Å². The zero-order chi connectivity index (χ0) is 29.4. The molecule has 4 aromatic rings. The van der Waals surface area contributed by atoms with Crippen LogP contribution in [0.4, 0.5) is 16.4 Å². The van der Waals surface area contributed by atoms with Gasteiger partial charge in [0.1, 0.15) is 5.00 Å². The second-order valence-corrected chi connectivity index (χ2v) is 11.5. The van der Waals surface area contributed by atoms with Gasteiger partial charge in [0.2, 0.25) is 11.8 Å². The third-order valence-electron chi connectivity index (χ3n) is 6.02. The van der Waals surface area contributed by atoms with Crippen LogP contribution in [0.1, 0.15) is 38.1 Å². The highest BCUT2D eigenvalue weighted by molar-refractivity contribution is 8.00. The largest absolute Gasteiger partial charge is 0.465 e. The second-order valence-electron chi connectivity index (χ2n) is 9.06. The average Bonchev–Trinajstić information content (AvgIpc) is 3.29. The Hall–Kier alpha value is -4.41. The van der Waals surface area contributed by atoms with E-state index in [1.54, 1.807) is 56.3 Å². The zero-order valence-corrected chi connectivity index (χ0v) is 24.4. The topological polar surface area (TPSA) is 114 Å². The maximum Gasteiger partial charge on any atom is 0.341 e. The van der Waals surface area contributed by atoms with E-state index >= 15 is 0 Å². The lowest BCUT2D eigenvalue weighted by Crippen LogP contribution is -2.23. The summed E-state index contributed by atoms with van der Waals surface area (Å²) in [6.45, 7) is 3.38. The highest BCUT2D eigenvalue weighted by Gasteiger charge is 2.27. The number of anilines is 3. The van der Waals surface area contributed by atoms with E-state index in [0.717, 1.165) is 21.8 Å². The molecule has 1 unspecified atom stereocenters. The number of esters is 1. The molecule has 0 spiro atoms. The van der Waals surface area contributed by atoms with Crippen molar-refractivity contribution in [2.45, 2.75) is 30.4 Å². The molecular weight excluding hydrogens is 558 g/mol. The van der Waals surface area contributed by atoms with Gasteiger partial charge in [0, 0.05) is 16.3 Å². The van der Waals surface area contributed by atoms with Crippen LogP contribution in [0, 0.1) is 6.92 Å². The van der Waals surface area contributed by atoms with Gasteiger partial charge in [-0.15, -0.1) is 23.1 Å². The van der Waals surface area contributed by atoms with Crippen LogP contribution in [0.5, 0.6) is 0 Å². The van der Waals surface area contributed by atoms with Crippen LogP contribution in [0.2, 0.25) is 0 Å². The van der Waals surface area contributed by atoms with Crippen LogP contribution >= 0.6 is 23.1 Å². The van der Waals surface area contributed by atoms with Crippen molar-refractivity contribution in [2.75, 3.05) is 23.1 Å². The molecule has 210 valence electrons. The molecule has 0 aliphatic carbocycles. The molecule has 3 aromatic carbocycles. The summed E-state index contributed by atoms with van der Waals surface area (Å²) in [4.78, 5) is 52.3. The minimum absolute atomic E-state index is 0.139. The Kier molecular flexibility index (Phi) is 9.94. The van der Waals surface area contributed by atoms with Gasteiger partial charge in [-0.1, -0.05) is 54.6 Å². The number of hydrogen-bond donors (Lipinski definition) is 3. The van der Waals surface area contributed by atoms with E-state index < -0.39 is 17.1 Å². The number of nitrogens with one attached hydrogen (secondary N) is 3. The first-order valence-corrected chi connectivity index (χ1v) is 14.4. The van der Waals surface area contributed by atoms with E-state index in [0.29, 0.717) is 21.8 Å². The van der Waals surface area contributed by atoms with Crippen molar-refractivity contribution in [3.8, 4) is 0 Å². The maximum absolute atomic E-state index is 13.2. The monoisotopic (exact) mass is 587 g/mol. The van der Waals surface area contributed by atoms with Crippen LogP contribution < -0.4 is 16.0 Å². The summed E-state index contributed by atoms with van der Waals surface area (Å²) in [6.07, 6.45) is 0.255. The van der Waals surface area contributed by atoms with Gasteiger partial charge in [0.25, 0.3) is 5.91 Å². The molecule has 0 bridgehead atoms. The van der Waals surface area contributed by atoms with Crippen molar-refractivity contribution < 1.29 is 23.9 Å². The van der Waals surface area contributed by atoms with Gasteiger partial charge < -0.3 is 20.7 Å². The van der Waals surface area contributed by atoms with Gasteiger partial charge in [-0.05, 0) is 55.3 Å². The Morgan fingerprint density at radius 3 is 2.20 bits per heavy atom. The predicted octanol–water partition coefficient (Wildman–Crippen LogP) is 6.40. The molecular formula is C31H29N3O5S2. The number of amides is 3. The molecule has 10 heteroatoms. The van der Waals surface area contributed by atoms with E-state index in [1.165, 1.54) is 18.9 Å². The van der Waals surface area contributed by atoms with Crippen molar-refractivity contribution in [2.24, 2.45) is 0 Å². The number of methoxy groups -OCH3 is 1. The molecule has 0 saturated heterocycles. The number of ether oxygens (including phenoxy) is 1. The van der Waals surface area contributed by atoms with Crippen LogP contribution in [-0.4, -0.2) is 36.1 Å². The molecule has 3 amide bonds. The Bertz CT molecular complexity index is 1550. The van der Waals surface area contributed by atoms with Crippen molar-refractivity contribution >= 4 is 63.2 Å². The summed E-state index contributed by atoms with van der Waals surface area (Å²) in [5, 5.41) is 8.20. The molecule has 0 saturated carbocycles. The molecule has 0 radical (unpaired) electrons. The maximum atomic E-state index is 13.2. The molecule has 8 nitrogen and oxygen atoms in total. The van der Waals surface area contributed by atoms with Gasteiger partial charge in [-0.2, -0.15) is 0 Å². The SMILES string of the molecule is COC(=O)c1c(NC(=O)C(C)Sc2cccc(NC(=O)Cc3ccccc3)c2)sc(C(=O)Nc2ccccc2)c1C. The summed E-state index contributed by atoms with van der Waals surface area (Å²) in [5.74, 6) is -1.53. The molecule has 0 aliphatic rings. The number of thiophene rings is 1. The summed E-state index contributed by atoms with van der Waals surface area (Å²) < 4.78 is 4.93. The van der Waals surface area contributed by atoms with Crippen LogP contribution in [-0.2, 0) is 20.7 Å². The summed E-state index contributed by atoms with van der Waals surface area (Å²) in [5.41, 5.74) is 2.71.